The van der Waals surface area contributed by atoms with Gasteiger partial charge in [0.1, 0.15) is 11.4 Å². The summed E-state index contributed by atoms with van der Waals surface area (Å²) < 4.78 is 5.30. The fourth-order valence-electron chi connectivity index (χ4n) is 2.45. The lowest BCUT2D eigenvalue weighted by atomic mass is 10.0. The number of ether oxygens (including phenoxy) is 1. The van der Waals surface area contributed by atoms with Gasteiger partial charge in [0.25, 0.3) is 5.91 Å². The molecule has 0 atom stereocenters. The van der Waals surface area contributed by atoms with Crippen LogP contribution in [0.2, 0.25) is 0 Å². The van der Waals surface area contributed by atoms with Crippen molar-refractivity contribution >= 4 is 5.91 Å². The number of hydrogen-bond acceptors (Lipinski definition) is 4. The number of aromatic nitrogens is 2. The molecule has 1 aliphatic heterocycles. The van der Waals surface area contributed by atoms with Crippen molar-refractivity contribution in [3.05, 3.63) is 36.0 Å². The molecule has 2 heterocycles. The van der Waals surface area contributed by atoms with Crippen LogP contribution < -0.4 is 4.74 Å². The molecule has 6 nitrogen and oxygen atoms in total. The fraction of sp³-hybridized carbons (Fsp3) is 0.333. The number of nitrogens with zero attached hydrogens (tertiary/aromatic N) is 2. The molecule has 1 amide bonds. The van der Waals surface area contributed by atoms with Crippen molar-refractivity contribution in [2.45, 2.75) is 0 Å². The minimum Gasteiger partial charge on any atom is -0.496 e. The number of likely N-dealkylation sites (tertiary alicyclic amines) is 1. The van der Waals surface area contributed by atoms with Gasteiger partial charge in [0.05, 0.1) is 12.8 Å². The molecular formula is C15H17N3O3. The van der Waals surface area contributed by atoms with Crippen LogP contribution in [0.25, 0.3) is 11.3 Å². The fourth-order valence-corrected chi connectivity index (χ4v) is 2.45. The molecule has 0 unspecified atom stereocenters. The number of nitrogens with one attached hydrogen (secondary N) is 1. The van der Waals surface area contributed by atoms with Crippen LogP contribution in [0.5, 0.6) is 5.75 Å². The van der Waals surface area contributed by atoms with Gasteiger partial charge in [0.15, 0.2) is 0 Å². The van der Waals surface area contributed by atoms with Gasteiger partial charge in [-0.1, -0.05) is 12.1 Å². The first-order valence-corrected chi connectivity index (χ1v) is 6.82. The number of methoxy groups -OCH3 is 1. The number of hydrogen-bond donors (Lipinski definition) is 2. The van der Waals surface area contributed by atoms with E-state index in [0.29, 0.717) is 30.2 Å². The van der Waals surface area contributed by atoms with Gasteiger partial charge in [-0.15, -0.1) is 0 Å². The van der Waals surface area contributed by atoms with Gasteiger partial charge in [-0.3, -0.25) is 9.89 Å². The summed E-state index contributed by atoms with van der Waals surface area (Å²) in [5, 5.41) is 16.0. The van der Waals surface area contributed by atoms with E-state index in [1.54, 1.807) is 18.1 Å². The summed E-state index contributed by atoms with van der Waals surface area (Å²) in [6.07, 6.45) is 0. The molecule has 1 aromatic heterocycles. The number of carbonyl (C=O) groups is 1. The van der Waals surface area contributed by atoms with Crippen LogP contribution in [0, 0.1) is 5.92 Å². The van der Waals surface area contributed by atoms with E-state index in [9.17, 15) is 4.79 Å². The van der Waals surface area contributed by atoms with Crippen molar-refractivity contribution in [1.29, 1.82) is 0 Å². The summed E-state index contributed by atoms with van der Waals surface area (Å²) in [6, 6.07) is 9.26. The van der Waals surface area contributed by atoms with Crippen LogP contribution in [0.3, 0.4) is 0 Å². The monoisotopic (exact) mass is 287 g/mol. The Bertz CT molecular complexity index is 647. The molecule has 1 aliphatic rings. The number of rotatable bonds is 4. The third kappa shape index (κ3) is 2.50. The van der Waals surface area contributed by atoms with Crippen LogP contribution in [-0.2, 0) is 0 Å². The second kappa shape index (κ2) is 5.57. The van der Waals surface area contributed by atoms with Gasteiger partial charge < -0.3 is 14.7 Å². The van der Waals surface area contributed by atoms with E-state index in [1.165, 1.54) is 0 Å². The van der Waals surface area contributed by atoms with Crippen LogP contribution >= 0.6 is 0 Å². The van der Waals surface area contributed by atoms with Crippen molar-refractivity contribution < 1.29 is 14.6 Å². The normalized spacial score (nSPS) is 14.9. The van der Waals surface area contributed by atoms with Crippen LogP contribution in [0.4, 0.5) is 0 Å². The number of carbonyl (C=O) groups excluding carboxylic acids is 1. The molecule has 3 rings (SSSR count). The molecule has 6 heteroatoms. The SMILES string of the molecule is COc1ccccc1-c1cc(C(=O)N2CC(CO)C2)[nH]n1. The topological polar surface area (TPSA) is 78.5 Å². The minimum atomic E-state index is -0.0895. The van der Waals surface area contributed by atoms with Crippen molar-refractivity contribution in [2.75, 3.05) is 26.8 Å². The molecule has 1 aromatic carbocycles. The number of para-hydroxylation sites is 1. The Labute approximate surface area is 122 Å². The molecule has 110 valence electrons. The third-order valence-electron chi connectivity index (χ3n) is 3.69. The summed E-state index contributed by atoms with van der Waals surface area (Å²) >= 11 is 0. The summed E-state index contributed by atoms with van der Waals surface area (Å²) in [5.74, 6) is 0.825. The van der Waals surface area contributed by atoms with Crippen LogP contribution in [-0.4, -0.2) is 52.9 Å². The molecule has 1 fully saturated rings. The van der Waals surface area contributed by atoms with E-state index in [1.807, 2.05) is 24.3 Å². The van der Waals surface area contributed by atoms with Crippen LogP contribution in [0.1, 0.15) is 10.5 Å². The first-order chi connectivity index (χ1) is 10.2. The third-order valence-corrected chi connectivity index (χ3v) is 3.69. The van der Waals surface area contributed by atoms with E-state index in [0.717, 1.165) is 5.56 Å². The highest BCUT2D eigenvalue weighted by atomic mass is 16.5. The number of aliphatic hydroxyl groups excluding tert-OH is 1. The predicted molar refractivity (Wildman–Crippen MR) is 77.1 cm³/mol. The molecule has 2 aromatic rings. The zero-order valence-electron chi connectivity index (χ0n) is 11.7. The van der Waals surface area contributed by atoms with Crippen molar-refractivity contribution in [3.8, 4) is 17.0 Å². The maximum absolute atomic E-state index is 12.2. The first kappa shape index (κ1) is 13.6. The maximum atomic E-state index is 12.2. The molecule has 0 bridgehead atoms. The van der Waals surface area contributed by atoms with Gasteiger partial charge in [-0.25, -0.2) is 0 Å². The lowest BCUT2D eigenvalue weighted by Gasteiger charge is -2.37. The number of benzene rings is 1. The Morgan fingerprint density at radius 2 is 2.24 bits per heavy atom. The predicted octanol–water partition coefficient (Wildman–Crippen LogP) is 1.15. The number of aliphatic hydroxyl groups is 1. The Balaban J connectivity index is 1.79. The molecule has 1 saturated heterocycles. The van der Waals surface area contributed by atoms with Gasteiger partial charge in [0, 0.05) is 31.2 Å². The van der Waals surface area contributed by atoms with Crippen molar-refractivity contribution in [1.82, 2.24) is 15.1 Å². The number of amides is 1. The molecular weight excluding hydrogens is 270 g/mol. The molecule has 0 saturated carbocycles. The highest BCUT2D eigenvalue weighted by molar-refractivity contribution is 5.94. The highest BCUT2D eigenvalue weighted by Gasteiger charge is 2.31. The maximum Gasteiger partial charge on any atom is 0.271 e. The van der Waals surface area contributed by atoms with Gasteiger partial charge in [-0.2, -0.15) is 5.10 Å². The number of H-pyrrole nitrogens is 1. The summed E-state index contributed by atoms with van der Waals surface area (Å²) in [4.78, 5) is 13.9. The molecule has 0 spiro atoms. The molecule has 0 aliphatic carbocycles. The molecule has 0 radical (unpaired) electrons. The first-order valence-electron chi connectivity index (χ1n) is 6.82. The summed E-state index contributed by atoms with van der Waals surface area (Å²) in [6.45, 7) is 1.32. The zero-order chi connectivity index (χ0) is 14.8. The molecule has 21 heavy (non-hydrogen) atoms. The van der Waals surface area contributed by atoms with Gasteiger partial charge in [0.2, 0.25) is 0 Å². The summed E-state index contributed by atoms with van der Waals surface area (Å²) in [5.41, 5.74) is 1.97. The molecule has 2 N–H and O–H groups in total. The average Bonchev–Trinajstić information content (AvgIpc) is 2.95. The lowest BCUT2D eigenvalue weighted by Crippen LogP contribution is -2.51. The van der Waals surface area contributed by atoms with Crippen LogP contribution in [0.15, 0.2) is 30.3 Å². The summed E-state index contributed by atoms with van der Waals surface area (Å²) in [7, 11) is 1.60. The van der Waals surface area contributed by atoms with E-state index in [-0.39, 0.29) is 18.4 Å². The minimum absolute atomic E-state index is 0.0895. The smallest absolute Gasteiger partial charge is 0.271 e. The largest absolute Gasteiger partial charge is 0.496 e. The standard InChI is InChI=1S/C15H17N3O3/c1-21-14-5-3-2-4-11(14)12-6-13(17-16-12)15(20)18-7-10(8-18)9-19/h2-6,10,19H,7-9H2,1H3,(H,16,17). The van der Waals surface area contributed by atoms with E-state index in [2.05, 4.69) is 10.2 Å². The lowest BCUT2D eigenvalue weighted by molar-refractivity contribution is 0.0356. The Morgan fingerprint density at radius 1 is 1.48 bits per heavy atom. The Kier molecular flexibility index (Phi) is 3.62. The van der Waals surface area contributed by atoms with Crippen molar-refractivity contribution in [3.63, 3.8) is 0 Å². The van der Waals surface area contributed by atoms with Crippen molar-refractivity contribution in [2.24, 2.45) is 5.92 Å². The second-order valence-corrected chi connectivity index (χ2v) is 5.13. The second-order valence-electron chi connectivity index (χ2n) is 5.13. The highest BCUT2D eigenvalue weighted by Crippen LogP contribution is 2.29. The Hall–Kier alpha value is -2.34. The Morgan fingerprint density at radius 3 is 2.95 bits per heavy atom. The van der Waals surface area contributed by atoms with E-state index < -0.39 is 0 Å². The van der Waals surface area contributed by atoms with Gasteiger partial charge in [-0.05, 0) is 18.2 Å². The zero-order valence-corrected chi connectivity index (χ0v) is 11.7. The average molecular weight is 287 g/mol. The quantitative estimate of drug-likeness (QED) is 0.884. The van der Waals surface area contributed by atoms with Gasteiger partial charge >= 0.3 is 0 Å². The van der Waals surface area contributed by atoms with E-state index >= 15 is 0 Å². The number of aromatic amines is 1. The van der Waals surface area contributed by atoms with E-state index in [4.69, 9.17) is 9.84 Å².